The lowest BCUT2D eigenvalue weighted by Crippen LogP contribution is -2.33. The Balaban J connectivity index is 1.76. The van der Waals surface area contributed by atoms with E-state index >= 15 is 0 Å². The van der Waals surface area contributed by atoms with Gasteiger partial charge in [0.1, 0.15) is 21.7 Å². The molecule has 4 rings (SSSR count). The highest BCUT2D eigenvalue weighted by Gasteiger charge is 2.26. The molecule has 0 saturated carbocycles. The normalized spacial score (nSPS) is 11.4. The van der Waals surface area contributed by atoms with Gasteiger partial charge in [0, 0.05) is 11.9 Å². The zero-order chi connectivity index (χ0) is 24.2. The van der Waals surface area contributed by atoms with Gasteiger partial charge < -0.3 is 23.5 Å². The molecular weight excluding hydrogens is 454 g/mol. The molecule has 0 bridgehead atoms. The average molecular weight is 484 g/mol. The van der Waals surface area contributed by atoms with Gasteiger partial charge in [0.15, 0.2) is 22.2 Å². The molecule has 0 spiro atoms. The smallest absolute Gasteiger partial charge is 0.295 e. The van der Waals surface area contributed by atoms with Gasteiger partial charge in [-0.15, -0.1) is 0 Å². The number of carbonyl (C=O) groups excluding carboxylic acids is 1. The van der Waals surface area contributed by atoms with Crippen molar-refractivity contribution in [2.75, 3.05) is 52.9 Å². The van der Waals surface area contributed by atoms with E-state index in [1.54, 1.807) is 25.2 Å². The summed E-state index contributed by atoms with van der Waals surface area (Å²) in [5.74, 6) is 1.92. The van der Waals surface area contributed by atoms with Crippen LogP contribution < -0.4 is 19.1 Å². The Bertz CT molecular complexity index is 1260. The van der Waals surface area contributed by atoms with E-state index in [0.717, 1.165) is 23.1 Å². The van der Waals surface area contributed by atoms with Crippen molar-refractivity contribution >= 4 is 43.6 Å². The number of carbonyl (C=O) groups is 1. The van der Waals surface area contributed by atoms with Gasteiger partial charge in [-0.3, -0.25) is 9.69 Å². The van der Waals surface area contributed by atoms with E-state index < -0.39 is 0 Å². The third kappa shape index (κ3) is 4.67. The van der Waals surface area contributed by atoms with Crippen molar-refractivity contribution in [1.82, 2.24) is 9.88 Å². The maximum absolute atomic E-state index is 13.7. The van der Waals surface area contributed by atoms with Gasteiger partial charge in [-0.2, -0.15) is 0 Å². The summed E-state index contributed by atoms with van der Waals surface area (Å²) in [6.45, 7) is 3.73. The molecule has 0 aliphatic carbocycles. The Kier molecular flexibility index (Phi) is 7.23. The minimum Gasteiger partial charge on any atom is -0.495 e. The lowest BCUT2D eigenvalue weighted by Gasteiger charge is -2.19. The van der Waals surface area contributed by atoms with E-state index in [1.165, 1.54) is 11.3 Å². The fourth-order valence-corrected chi connectivity index (χ4v) is 4.86. The molecule has 34 heavy (non-hydrogen) atoms. The largest absolute Gasteiger partial charge is 0.495 e. The predicted molar refractivity (Wildman–Crippen MR) is 135 cm³/mol. The van der Waals surface area contributed by atoms with Gasteiger partial charge in [0.05, 0.1) is 20.8 Å². The zero-order valence-corrected chi connectivity index (χ0v) is 20.9. The molecule has 0 N–H and O–H groups in total. The van der Waals surface area contributed by atoms with Crippen molar-refractivity contribution in [2.45, 2.75) is 13.3 Å². The molecular formula is C25H29N3O5S. The number of benzene rings is 2. The van der Waals surface area contributed by atoms with E-state index in [1.807, 2.05) is 51.4 Å². The van der Waals surface area contributed by atoms with Crippen molar-refractivity contribution < 1.29 is 23.4 Å². The van der Waals surface area contributed by atoms with E-state index in [4.69, 9.17) is 23.6 Å². The number of hydrogen-bond acceptors (Lipinski definition) is 8. The Morgan fingerprint density at radius 2 is 1.82 bits per heavy atom. The summed E-state index contributed by atoms with van der Waals surface area (Å²) in [5.41, 5.74) is 1.23. The number of aromatic nitrogens is 1. The molecule has 0 fully saturated rings. The number of rotatable bonds is 10. The van der Waals surface area contributed by atoms with Crippen LogP contribution in [0.1, 0.15) is 23.9 Å². The molecule has 0 unspecified atom stereocenters. The minimum absolute atomic E-state index is 0.241. The number of amides is 1. The maximum Gasteiger partial charge on any atom is 0.295 e. The second kappa shape index (κ2) is 10.3. The van der Waals surface area contributed by atoms with E-state index in [-0.39, 0.29) is 11.7 Å². The molecule has 8 nitrogen and oxygen atoms in total. The van der Waals surface area contributed by atoms with E-state index in [2.05, 4.69) is 4.90 Å². The Morgan fingerprint density at radius 1 is 1.06 bits per heavy atom. The molecule has 2 heterocycles. The van der Waals surface area contributed by atoms with Crippen LogP contribution in [0.2, 0.25) is 0 Å². The highest BCUT2D eigenvalue weighted by Crippen LogP contribution is 2.40. The Hall–Kier alpha value is -3.30. The van der Waals surface area contributed by atoms with Crippen molar-refractivity contribution in [3.63, 3.8) is 0 Å². The van der Waals surface area contributed by atoms with Crippen LogP contribution in [0.25, 0.3) is 21.2 Å². The monoisotopic (exact) mass is 483 g/mol. The number of para-hydroxylation sites is 1. The molecule has 180 valence electrons. The summed E-state index contributed by atoms with van der Waals surface area (Å²) in [6.07, 6.45) is 0.771. The van der Waals surface area contributed by atoms with Gasteiger partial charge in [-0.25, -0.2) is 4.98 Å². The first-order chi connectivity index (χ1) is 16.5. The molecule has 4 aromatic rings. The lowest BCUT2D eigenvalue weighted by molar-refractivity contribution is 0.0961. The van der Waals surface area contributed by atoms with Crippen molar-refractivity contribution in [3.05, 3.63) is 42.2 Å². The first kappa shape index (κ1) is 23.8. The first-order valence-electron chi connectivity index (χ1n) is 11.1. The number of anilines is 1. The second-order valence-electron chi connectivity index (χ2n) is 7.98. The molecule has 2 aromatic heterocycles. The lowest BCUT2D eigenvalue weighted by atomic mass is 10.2. The molecule has 1 amide bonds. The van der Waals surface area contributed by atoms with Crippen LogP contribution in [-0.4, -0.2) is 63.8 Å². The van der Waals surface area contributed by atoms with Crippen LogP contribution >= 0.6 is 11.3 Å². The molecule has 2 aromatic carbocycles. The van der Waals surface area contributed by atoms with E-state index in [0.29, 0.717) is 46.6 Å². The number of furan rings is 1. The van der Waals surface area contributed by atoms with Crippen LogP contribution in [0.15, 0.2) is 40.8 Å². The number of methoxy groups -OCH3 is 2. The number of hydrogen-bond donors (Lipinski definition) is 0. The topological polar surface area (TPSA) is 77.3 Å². The Labute approximate surface area is 202 Å². The van der Waals surface area contributed by atoms with Crippen LogP contribution in [0.3, 0.4) is 0 Å². The fraction of sp³-hybridized carbons (Fsp3) is 0.360. The predicted octanol–water partition coefficient (Wildman–Crippen LogP) is 5.06. The van der Waals surface area contributed by atoms with Gasteiger partial charge in [0.25, 0.3) is 5.91 Å². The van der Waals surface area contributed by atoms with Gasteiger partial charge in [-0.1, -0.05) is 23.5 Å². The second-order valence-corrected chi connectivity index (χ2v) is 8.95. The zero-order valence-electron chi connectivity index (χ0n) is 20.1. The number of nitrogens with zero attached hydrogens (tertiary/aromatic N) is 3. The van der Waals surface area contributed by atoms with Crippen molar-refractivity contribution in [2.24, 2.45) is 0 Å². The number of ether oxygens (including phenoxy) is 3. The van der Waals surface area contributed by atoms with Crippen LogP contribution in [0.5, 0.6) is 17.2 Å². The third-order valence-corrected chi connectivity index (χ3v) is 6.47. The summed E-state index contributed by atoms with van der Waals surface area (Å²) < 4.78 is 23.5. The molecule has 9 heteroatoms. The van der Waals surface area contributed by atoms with Crippen molar-refractivity contribution in [3.8, 4) is 17.2 Å². The highest BCUT2D eigenvalue weighted by atomic mass is 32.1. The summed E-state index contributed by atoms with van der Waals surface area (Å²) in [5, 5.41) is 1.38. The van der Waals surface area contributed by atoms with Gasteiger partial charge >= 0.3 is 0 Å². The SMILES string of the molecule is CCOc1cccc2cc(C(=O)N(CCCN(C)C)c3nc4c(OC)ccc(OC)c4s3)oc12. The third-order valence-electron chi connectivity index (χ3n) is 5.38. The molecule has 0 aliphatic heterocycles. The first-order valence-corrected chi connectivity index (χ1v) is 11.9. The average Bonchev–Trinajstić information content (AvgIpc) is 3.46. The minimum atomic E-state index is -0.255. The standard InChI is InChI=1S/C25H29N3O5S/c1-6-32-18-10-7-9-16-15-20(33-22(16)18)24(29)28(14-8-13-27(2)3)25-26-21-17(30-4)11-12-19(31-5)23(21)34-25/h7,9-12,15H,6,8,13-14H2,1-5H3. The summed E-state index contributed by atoms with van der Waals surface area (Å²) in [7, 11) is 7.23. The van der Waals surface area contributed by atoms with Crippen molar-refractivity contribution in [1.29, 1.82) is 0 Å². The molecule has 0 atom stereocenters. The van der Waals surface area contributed by atoms with Crippen LogP contribution in [0, 0.1) is 0 Å². The van der Waals surface area contributed by atoms with Gasteiger partial charge in [0.2, 0.25) is 0 Å². The number of thiazole rings is 1. The van der Waals surface area contributed by atoms with E-state index in [9.17, 15) is 4.79 Å². The number of fused-ring (bicyclic) bond motifs is 2. The summed E-state index contributed by atoms with van der Waals surface area (Å²) in [6, 6.07) is 11.0. The summed E-state index contributed by atoms with van der Waals surface area (Å²) in [4.78, 5) is 22.3. The molecule has 0 saturated heterocycles. The Morgan fingerprint density at radius 3 is 2.53 bits per heavy atom. The van der Waals surface area contributed by atoms with Crippen LogP contribution in [-0.2, 0) is 0 Å². The van der Waals surface area contributed by atoms with Crippen LogP contribution in [0.4, 0.5) is 5.13 Å². The summed E-state index contributed by atoms with van der Waals surface area (Å²) >= 11 is 1.40. The highest BCUT2D eigenvalue weighted by molar-refractivity contribution is 7.22. The van der Waals surface area contributed by atoms with Gasteiger partial charge in [-0.05, 0) is 58.3 Å². The quantitative estimate of drug-likeness (QED) is 0.312. The molecule has 0 radical (unpaired) electrons. The maximum atomic E-state index is 13.7. The fourth-order valence-electron chi connectivity index (χ4n) is 3.76. The molecule has 0 aliphatic rings.